The summed E-state index contributed by atoms with van der Waals surface area (Å²) in [6.45, 7) is 2.17. The van der Waals surface area contributed by atoms with E-state index in [9.17, 15) is 0 Å². The third-order valence-electron chi connectivity index (χ3n) is 4.84. The second-order valence-corrected chi connectivity index (χ2v) is 6.42. The molecule has 4 heterocycles. The summed E-state index contributed by atoms with van der Waals surface area (Å²) in [5.74, 6) is 1.04. The molecule has 1 aliphatic heterocycles. The first kappa shape index (κ1) is 14.2. The van der Waals surface area contributed by atoms with Crippen LogP contribution < -0.4 is 4.90 Å². The zero-order chi connectivity index (χ0) is 16.6. The lowest BCUT2D eigenvalue weighted by molar-refractivity contribution is 0.938. The Kier molecular flexibility index (Phi) is 3.26. The second-order valence-electron chi connectivity index (χ2n) is 6.42. The Balaban J connectivity index is 1.60. The Morgan fingerprint density at radius 3 is 2.72 bits per heavy atom. The zero-order valence-electron chi connectivity index (χ0n) is 13.7. The number of nitrogens with zero attached hydrogens (tertiary/aromatic N) is 4. The summed E-state index contributed by atoms with van der Waals surface area (Å²) in [5, 5.41) is 15.7. The molecule has 1 aliphatic rings. The molecule has 1 fully saturated rings. The van der Waals surface area contributed by atoms with Gasteiger partial charge < -0.3 is 4.90 Å². The number of aromatic amines is 2. The Morgan fingerprint density at radius 1 is 0.960 bits per heavy atom. The number of hydrogen-bond acceptors (Lipinski definition) is 4. The highest BCUT2D eigenvalue weighted by Crippen LogP contribution is 2.31. The maximum absolute atomic E-state index is 4.56. The van der Waals surface area contributed by atoms with Gasteiger partial charge in [0, 0.05) is 42.0 Å². The van der Waals surface area contributed by atoms with E-state index in [4.69, 9.17) is 0 Å². The maximum atomic E-state index is 4.56. The number of fused-ring (bicyclic) bond motifs is 1. The number of H-pyrrole nitrogens is 2. The average molecular weight is 330 g/mol. The average Bonchev–Trinajstić information content (AvgIpc) is 3.42. The van der Waals surface area contributed by atoms with Crippen molar-refractivity contribution in [3.05, 3.63) is 48.9 Å². The third kappa shape index (κ3) is 2.46. The number of aromatic nitrogens is 5. The summed E-state index contributed by atoms with van der Waals surface area (Å²) in [7, 11) is 0. The fraction of sp³-hybridized carbons (Fsp3) is 0.211. The van der Waals surface area contributed by atoms with Crippen LogP contribution in [0.25, 0.3) is 33.3 Å². The summed E-state index contributed by atoms with van der Waals surface area (Å²) in [4.78, 5) is 6.89. The number of pyridine rings is 1. The van der Waals surface area contributed by atoms with Crippen LogP contribution >= 0.6 is 0 Å². The van der Waals surface area contributed by atoms with Gasteiger partial charge in [-0.1, -0.05) is 6.07 Å². The van der Waals surface area contributed by atoms with E-state index < -0.39 is 0 Å². The molecule has 6 heteroatoms. The van der Waals surface area contributed by atoms with Gasteiger partial charge in [0.05, 0.1) is 11.7 Å². The number of nitrogens with one attached hydrogen (secondary N) is 2. The first-order valence-corrected chi connectivity index (χ1v) is 8.57. The first-order chi connectivity index (χ1) is 12.4. The van der Waals surface area contributed by atoms with Crippen LogP contribution in [0.2, 0.25) is 0 Å². The predicted molar refractivity (Wildman–Crippen MR) is 98.4 cm³/mol. The molecule has 2 N–H and O–H groups in total. The standard InChI is InChI=1S/C19H18N6/c1-2-8-25(7-1)18-10-14(5-6-20-18)19-16-9-13(15-11-21-22-12-15)3-4-17(16)23-24-19/h3-6,9-12H,1-2,7-8H2,(H,21,22)(H,23,24). The van der Waals surface area contributed by atoms with Gasteiger partial charge in [-0.05, 0) is 42.7 Å². The highest BCUT2D eigenvalue weighted by molar-refractivity contribution is 5.95. The maximum Gasteiger partial charge on any atom is 0.129 e. The van der Waals surface area contributed by atoms with Crippen LogP contribution in [-0.2, 0) is 0 Å². The van der Waals surface area contributed by atoms with Crippen LogP contribution in [0.5, 0.6) is 0 Å². The van der Waals surface area contributed by atoms with Gasteiger partial charge in [-0.3, -0.25) is 10.2 Å². The molecule has 1 aromatic carbocycles. The van der Waals surface area contributed by atoms with Crippen molar-refractivity contribution in [2.45, 2.75) is 12.8 Å². The van der Waals surface area contributed by atoms with E-state index >= 15 is 0 Å². The lowest BCUT2D eigenvalue weighted by Gasteiger charge is -2.16. The summed E-state index contributed by atoms with van der Waals surface area (Å²) in [6, 6.07) is 10.5. The van der Waals surface area contributed by atoms with Crippen molar-refractivity contribution in [3.63, 3.8) is 0 Å². The normalized spacial score (nSPS) is 14.5. The molecule has 4 aromatic rings. The molecule has 3 aromatic heterocycles. The topological polar surface area (TPSA) is 73.5 Å². The van der Waals surface area contributed by atoms with E-state index in [2.05, 4.69) is 54.5 Å². The van der Waals surface area contributed by atoms with Crippen molar-refractivity contribution in [3.8, 4) is 22.4 Å². The lowest BCUT2D eigenvalue weighted by Crippen LogP contribution is -2.18. The Labute approximate surface area is 144 Å². The number of rotatable bonds is 3. The van der Waals surface area contributed by atoms with Gasteiger partial charge >= 0.3 is 0 Å². The van der Waals surface area contributed by atoms with Crippen molar-refractivity contribution in [2.24, 2.45) is 0 Å². The molecule has 0 radical (unpaired) electrons. The molecule has 0 atom stereocenters. The fourth-order valence-electron chi connectivity index (χ4n) is 3.51. The zero-order valence-corrected chi connectivity index (χ0v) is 13.7. The van der Waals surface area contributed by atoms with Crippen LogP contribution in [0.1, 0.15) is 12.8 Å². The van der Waals surface area contributed by atoms with Crippen molar-refractivity contribution >= 4 is 16.7 Å². The molecule has 6 nitrogen and oxygen atoms in total. The molecule has 0 bridgehead atoms. The number of hydrogen-bond donors (Lipinski definition) is 2. The summed E-state index contributed by atoms with van der Waals surface area (Å²) >= 11 is 0. The number of anilines is 1. The highest BCUT2D eigenvalue weighted by atomic mass is 15.2. The highest BCUT2D eigenvalue weighted by Gasteiger charge is 2.16. The van der Waals surface area contributed by atoms with E-state index in [-0.39, 0.29) is 0 Å². The Hall–Kier alpha value is -3.15. The van der Waals surface area contributed by atoms with Crippen LogP contribution in [0.4, 0.5) is 5.82 Å². The van der Waals surface area contributed by atoms with E-state index in [0.29, 0.717) is 0 Å². The van der Waals surface area contributed by atoms with Crippen molar-refractivity contribution in [1.29, 1.82) is 0 Å². The molecule has 5 rings (SSSR count). The van der Waals surface area contributed by atoms with E-state index in [1.165, 1.54) is 12.8 Å². The van der Waals surface area contributed by atoms with Gasteiger partial charge in [0.2, 0.25) is 0 Å². The molecule has 1 saturated heterocycles. The second kappa shape index (κ2) is 5.73. The smallest absolute Gasteiger partial charge is 0.129 e. The molecule has 0 saturated carbocycles. The largest absolute Gasteiger partial charge is 0.357 e. The molecule has 124 valence electrons. The molecule has 0 aliphatic carbocycles. The van der Waals surface area contributed by atoms with E-state index in [1.54, 1.807) is 0 Å². The van der Waals surface area contributed by atoms with Gasteiger partial charge in [-0.2, -0.15) is 10.2 Å². The third-order valence-corrected chi connectivity index (χ3v) is 4.84. The van der Waals surface area contributed by atoms with Crippen LogP contribution in [0.15, 0.2) is 48.9 Å². The Bertz CT molecular complexity index is 1010. The fourth-order valence-corrected chi connectivity index (χ4v) is 3.51. The summed E-state index contributed by atoms with van der Waals surface area (Å²) < 4.78 is 0. The van der Waals surface area contributed by atoms with Crippen LogP contribution in [-0.4, -0.2) is 38.5 Å². The van der Waals surface area contributed by atoms with Crippen LogP contribution in [0, 0.1) is 0 Å². The minimum absolute atomic E-state index is 0.961. The summed E-state index contributed by atoms with van der Waals surface area (Å²) in [5.41, 5.74) is 5.27. The first-order valence-electron chi connectivity index (χ1n) is 8.57. The minimum atomic E-state index is 0.961. The van der Waals surface area contributed by atoms with Crippen LogP contribution in [0.3, 0.4) is 0 Å². The quantitative estimate of drug-likeness (QED) is 0.602. The molecule has 0 amide bonds. The molecular formula is C19H18N6. The SMILES string of the molecule is c1cc(-c2n[nH]c3ccc(-c4cn[nH]c4)cc23)cc(N2CCCC2)n1. The van der Waals surface area contributed by atoms with Gasteiger partial charge in [0.15, 0.2) is 0 Å². The lowest BCUT2D eigenvalue weighted by atomic mass is 10.0. The van der Waals surface area contributed by atoms with E-state index in [0.717, 1.165) is 52.2 Å². The molecule has 0 spiro atoms. The minimum Gasteiger partial charge on any atom is -0.357 e. The molecular weight excluding hydrogens is 312 g/mol. The number of benzene rings is 1. The van der Waals surface area contributed by atoms with Crippen molar-refractivity contribution in [2.75, 3.05) is 18.0 Å². The Morgan fingerprint density at radius 2 is 1.88 bits per heavy atom. The molecule has 25 heavy (non-hydrogen) atoms. The van der Waals surface area contributed by atoms with Gasteiger partial charge in [0.1, 0.15) is 11.5 Å². The van der Waals surface area contributed by atoms with Gasteiger partial charge in [0.25, 0.3) is 0 Å². The van der Waals surface area contributed by atoms with Crippen molar-refractivity contribution < 1.29 is 0 Å². The molecule has 0 unspecified atom stereocenters. The summed E-state index contributed by atoms with van der Waals surface area (Å²) in [6.07, 6.45) is 8.09. The monoisotopic (exact) mass is 330 g/mol. The van der Waals surface area contributed by atoms with Crippen molar-refractivity contribution in [1.82, 2.24) is 25.4 Å². The predicted octanol–water partition coefficient (Wildman–Crippen LogP) is 3.62. The van der Waals surface area contributed by atoms with Gasteiger partial charge in [-0.25, -0.2) is 4.98 Å². The van der Waals surface area contributed by atoms with Gasteiger partial charge in [-0.15, -0.1) is 0 Å². The van der Waals surface area contributed by atoms with E-state index in [1.807, 2.05) is 24.7 Å².